The van der Waals surface area contributed by atoms with Crippen LogP contribution < -0.4 is 5.73 Å². The fourth-order valence-electron chi connectivity index (χ4n) is 2.00. The SMILES string of the molecule is CCCN(CC)C(=O)c1cc2cc(N)ccc2s1. The number of hydrogen-bond acceptors (Lipinski definition) is 3. The first-order valence-corrected chi connectivity index (χ1v) is 7.05. The monoisotopic (exact) mass is 262 g/mol. The zero-order valence-corrected chi connectivity index (χ0v) is 11.6. The fraction of sp³-hybridized carbons (Fsp3) is 0.357. The van der Waals surface area contributed by atoms with E-state index in [1.165, 1.54) is 11.3 Å². The van der Waals surface area contributed by atoms with E-state index in [0.717, 1.165) is 40.2 Å². The Morgan fingerprint density at radius 3 is 2.78 bits per heavy atom. The van der Waals surface area contributed by atoms with Gasteiger partial charge in [0.25, 0.3) is 5.91 Å². The number of fused-ring (bicyclic) bond motifs is 1. The van der Waals surface area contributed by atoms with Gasteiger partial charge in [0, 0.05) is 23.5 Å². The molecule has 2 aromatic rings. The number of nitrogen functional groups attached to an aromatic ring is 1. The molecule has 0 bridgehead atoms. The van der Waals surface area contributed by atoms with Gasteiger partial charge in [-0.25, -0.2) is 0 Å². The molecule has 0 saturated carbocycles. The minimum absolute atomic E-state index is 0.124. The molecule has 1 aromatic heterocycles. The van der Waals surface area contributed by atoms with E-state index in [1.807, 2.05) is 36.1 Å². The van der Waals surface area contributed by atoms with Crippen LogP contribution in [-0.4, -0.2) is 23.9 Å². The largest absolute Gasteiger partial charge is 0.399 e. The number of anilines is 1. The van der Waals surface area contributed by atoms with Gasteiger partial charge in [-0.05, 0) is 43.0 Å². The number of rotatable bonds is 4. The molecule has 3 nitrogen and oxygen atoms in total. The molecule has 0 spiro atoms. The summed E-state index contributed by atoms with van der Waals surface area (Å²) in [5, 5.41) is 1.05. The summed E-state index contributed by atoms with van der Waals surface area (Å²) in [6.45, 7) is 5.66. The number of amides is 1. The molecule has 1 amide bonds. The Bertz CT molecular complexity index is 562. The van der Waals surface area contributed by atoms with E-state index in [2.05, 4.69) is 6.92 Å². The quantitative estimate of drug-likeness (QED) is 0.859. The number of carbonyl (C=O) groups excluding carboxylic acids is 1. The van der Waals surface area contributed by atoms with Gasteiger partial charge in [-0.2, -0.15) is 0 Å². The maximum Gasteiger partial charge on any atom is 0.263 e. The Labute approximate surface area is 111 Å². The molecule has 0 radical (unpaired) electrons. The molecule has 1 aromatic carbocycles. The molecule has 0 atom stereocenters. The zero-order valence-electron chi connectivity index (χ0n) is 10.8. The van der Waals surface area contributed by atoms with Crippen LogP contribution in [0.15, 0.2) is 24.3 Å². The zero-order chi connectivity index (χ0) is 13.1. The second kappa shape index (κ2) is 5.40. The molecule has 2 N–H and O–H groups in total. The summed E-state index contributed by atoms with van der Waals surface area (Å²) in [6.07, 6.45) is 0.984. The number of carbonyl (C=O) groups is 1. The molecule has 0 unspecified atom stereocenters. The topological polar surface area (TPSA) is 46.3 Å². The number of nitrogens with two attached hydrogens (primary N) is 1. The van der Waals surface area contributed by atoms with Gasteiger partial charge in [-0.15, -0.1) is 11.3 Å². The molecule has 4 heteroatoms. The summed E-state index contributed by atoms with van der Waals surface area (Å²) in [5.41, 5.74) is 6.49. The van der Waals surface area contributed by atoms with E-state index in [9.17, 15) is 4.79 Å². The molecule has 0 saturated heterocycles. The van der Waals surface area contributed by atoms with Crippen LogP contribution in [0, 0.1) is 0 Å². The Hall–Kier alpha value is -1.55. The molecule has 1 heterocycles. The number of thiophene rings is 1. The van der Waals surface area contributed by atoms with Crippen molar-refractivity contribution in [3.05, 3.63) is 29.1 Å². The number of nitrogens with zero attached hydrogens (tertiary/aromatic N) is 1. The molecular formula is C14H18N2OS. The van der Waals surface area contributed by atoms with Crippen molar-refractivity contribution >= 4 is 33.0 Å². The lowest BCUT2D eigenvalue weighted by Gasteiger charge is -2.18. The molecule has 0 aliphatic carbocycles. The molecule has 2 rings (SSSR count). The van der Waals surface area contributed by atoms with Crippen LogP contribution in [0.4, 0.5) is 5.69 Å². The summed E-state index contributed by atoms with van der Waals surface area (Å²) < 4.78 is 1.11. The maximum absolute atomic E-state index is 12.3. The van der Waals surface area contributed by atoms with Gasteiger partial charge >= 0.3 is 0 Å². The highest BCUT2D eigenvalue weighted by Crippen LogP contribution is 2.28. The Kier molecular flexibility index (Phi) is 3.87. The molecule has 0 aliphatic rings. The van der Waals surface area contributed by atoms with Crippen LogP contribution >= 0.6 is 11.3 Å². The van der Waals surface area contributed by atoms with Crippen molar-refractivity contribution in [1.29, 1.82) is 0 Å². The molecule has 0 aliphatic heterocycles. The standard InChI is InChI=1S/C14H18N2OS/c1-3-7-16(4-2)14(17)13-9-10-8-11(15)5-6-12(10)18-13/h5-6,8-9H,3-4,7,15H2,1-2H3. The Balaban J connectivity index is 2.32. The average molecular weight is 262 g/mol. The first kappa shape index (κ1) is 12.9. The third kappa shape index (κ3) is 2.48. The van der Waals surface area contributed by atoms with Crippen molar-refractivity contribution in [3.63, 3.8) is 0 Å². The van der Waals surface area contributed by atoms with Crippen LogP contribution in [-0.2, 0) is 0 Å². The number of hydrogen-bond donors (Lipinski definition) is 1. The van der Waals surface area contributed by atoms with Gasteiger partial charge in [-0.1, -0.05) is 6.92 Å². The van der Waals surface area contributed by atoms with Crippen molar-refractivity contribution in [2.24, 2.45) is 0 Å². The minimum Gasteiger partial charge on any atom is -0.399 e. The van der Waals surface area contributed by atoms with Crippen LogP contribution in [0.1, 0.15) is 29.9 Å². The normalized spacial score (nSPS) is 10.8. The molecule has 96 valence electrons. The van der Waals surface area contributed by atoms with Gasteiger partial charge in [0.15, 0.2) is 0 Å². The Morgan fingerprint density at radius 2 is 2.11 bits per heavy atom. The van der Waals surface area contributed by atoms with E-state index in [-0.39, 0.29) is 5.91 Å². The number of benzene rings is 1. The van der Waals surface area contributed by atoms with Crippen molar-refractivity contribution < 1.29 is 4.79 Å². The Morgan fingerprint density at radius 1 is 1.33 bits per heavy atom. The summed E-state index contributed by atoms with van der Waals surface area (Å²) in [7, 11) is 0. The van der Waals surface area contributed by atoms with Crippen molar-refractivity contribution in [2.75, 3.05) is 18.8 Å². The third-order valence-corrected chi connectivity index (χ3v) is 4.02. The van der Waals surface area contributed by atoms with E-state index in [1.54, 1.807) is 0 Å². The van der Waals surface area contributed by atoms with Crippen LogP contribution in [0.3, 0.4) is 0 Å². The highest BCUT2D eigenvalue weighted by Gasteiger charge is 2.16. The molecular weight excluding hydrogens is 244 g/mol. The van der Waals surface area contributed by atoms with E-state index in [0.29, 0.717) is 0 Å². The first-order valence-electron chi connectivity index (χ1n) is 6.24. The van der Waals surface area contributed by atoms with Crippen LogP contribution in [0.2, 0.25) is 0 Å². The minimum atomic E-state index is 0.124. The predicted molar refractivity (Wildman–Crippen MR) is 78.1 cm³/mol. The van der Waals surface area contributed by atoms with Crippen LogP contribution in [0.5, 0.6) is 0 Å². The molecule has 18 heavy (non-hydrogen) atoms. The maximum atomic E-state index is 12.3. The summed E-state index contributed by atoms with van der Waals surface area (Å²) >= 11 is 1.54. The second-order valence-corrected chi connectivity index (χ2v) is 5.38. The first-order chi connectivity index (χ1) is 8.65. The lowest BCUT2D eigenvalue weighted by molar-refractivity contribution is 0.0769. The summed E-state index contributed by atoms with van der Waals surface area (Å²) in [4.78, 5) is 15.0. The second-order valence-electron chi connectivity index (χ2n) is 4.29. The van der Waals surface area contributed by atoms with Gasteiger partial charge in [0.1, 0.15) is 0 Å². The van der Waals surface area contributed by atoms with E-state index < -0.39 is 0 Å². The predicted octanol–water partition coefficient (Wildman–Crippen LogP) is 3.36. The fourth-order valence-corrected chi connectivity index (χ4v) is 3.01. The molecule has 0 fully saturated rings. The van der Waals surface area contributed by atoms with Crippen molar-refractivity contribution in [1.82, 2.24) is 4.90 Å². The van der Waals surface area contributed by atoms with Gasteiger partial charge in [0.05, 0.1) is 4.88 Å². The summed E-state index contributed by atoms with van der Waals surface area (Å²) in [6, 6.07) is 7.70. The van der Waals surface area contributed by atoms with Gasteiger partial charge in [-0.3, -0.25) is 4.79 Å². The van der Waals surface area contributed by atoms with E-state index in [4.69, 9.17) is 5.73 Å². The third-order valence-electron chi connectivity index (χ3n) is 2.91. The lowest BCUT2D eigenvalue weighted by atomic mass is 10.2. The van der Waals surface area contributed by atoms with Crippen LogP contribution in [0.25, 0.3) is 10.1 Å². The lowest BCUT2D eigenvalue weighted by Crippen LogP contribution is -2.30. The smallest absolute Gasteiger partial charge is 0.263 e. The van der Waals surface area contributed by atoms with Gasteiger partial charge in [0.2, 0.25) is 0 Å². The van der Waals surface area contributed by atoms with Gasteiger partial charge < -0.3 is 10.6 Å². The highest BCUT2D eigenvalue weighted by molar-refractivity contribution is 7.20. The summed E-state index contributed by atoms with van der Waals surface area (Å²) in [5.74, 6) is 0.124. The highest BCUT2D eigenvalue weighted by atomic mass is 32.1. The average Bonchev–Trinajstić information content (AvgIpc) is 2.77. The van der Waals surface area contributed by atoms with Crippen molar-refractivity contribution in [2.45, 2.75) is 20.3 Å². The van der Waals surface area contributed by atoms with E-state index >= 15 is 0 Å². The van der Waals surface area contributed by atoms with Crippen molar-refractivity contribution in [3.8, 4) is 0 Å².